The molecule has 0 spiro atoms. The Hall–Kier alpha value is -1.48. The van der Waals surface area contributed by atoms with E-state index in [1.165, 1.54) is 6.07 Å². The molecule has 0 heterocycles. The third kappa shape index (κ3) is 2.61. The molecule has 0 radical (unpaired) electrons. The van der Waals surface area contributed by atoms with Crippen molar-refractivity contribution in [3.8, 4) is 11.1 Å². The summed E-state index contributed by atoms with van der Waals surface area (Å²) in [7, 11) is 0. The van der Waals surface area contributed by atoms with Gasteiger partial charge in [-0.2, -0.15) is 13.2 Å². The lowest BCUT2D eigenvalue weighted by Gasteiger charge is -2.10. The van der Waals surface area contributed by atoms with Crippen molar-refractivity contribution < 1.29 is 13.2 Å². The molecule has 2 rings (SSSR count). The van der Waals surface area contributed by atoms with E-state index in [2.05, 4.69) is 0 Å². The minimum atomic E-state index is -4.35. The topological polar surface area (TPSA) is 0 Å². The molecule has 0 bridgehead atoms. The Kier molecular flexibility index (Phi) is 3.11. The van der Waals surface area contributed by atoms with Gasteiger partial charge in [-0.3, -0.25) is 0 Å². The van der Waals surface area contributed by atoms with Crippen LogP contribution >= 0.6 is 11.6 Å². The summed E-state index contributed by atoms with van der Waals surface area (Å²) in [5.74, 6) is 0. The Morgan fingerprint density at radius 3 is 2.12 bits per heavy atom. The van der Waals surface area contributed by atoms with E-state index in [-0.39, 0.29) is 0 Å². The number of rotatable bonds is 1. The van der Waals surface area contributed by atoms with Gasteiger partial charge < -0.3 is 0 Å². The molecule has 0 saturated carbocycles. The van der Waals surface area contributed by atoms with Crippen LogP contribution in [0.4, 0.5) is 13.2 Å². The second kappa shape index (κ2) is 4.41. The third-order valence-electron chi connectivity index (χ3n) is 2.38. The molecule has 17 heavy (non-hydrogen) atoms. The molecule has 0 fully saturated rings. The van der Waals surface area contributed by atoms with Crippen LogP contribution < -0.4 is 0 Å². The molecule has 0 aliphatic carbocycles. The maximum absolute atomic E-state index is 12.6. The maximum Gasteiger partial charge on any atom is 0.416 e. The summed E-state index contributed by atoms with van der Waals surface area (Å²) in [4.78, 5) is 0. The van der Waals surface area contributed by atoms with Crippen LogP contribution in [0.5, 0.6) is 0 Å². The highest BCUT2D eigenvalue weighted by Gasteiger charge is 2.30. The van der Waals surface area contributed by atoms with Crippen molar-refractivity contribution in [2.24, 2.45) is 0 Å². The van der Waals surface area contributed by atoms with E-state index in [1.54, 1.807) is 30.3 Å². The molecule has 0 nitrogen and oxygen atoms in total. The first kappa shape index (κ1) is 12.0. The molecule has 0 atom stereocenters. The van der Waals surface area contributed by atoms with E-state index in [0.717, 1.165) is 12.1 Å². The Morgan fingerprint density at radius 1 is 0.882 bits per heavy atom. The number of hydrogen-bond acceptors (Lipinski definition) is 0. The molecule has 0 saturated heterocycles. The Balaban J connectivity index is 2.55. The molecule has 2 aromatic rings. The summed E-state index contributed by atoms with van der Waals surface area (Å²) in [6, 6.07) is 12.1. The summed E-state index contributed by atoms with van der Waals surface area (Å²) in [5.41, 5.74) is 0.367. The van der Waals surface area contributed by atoms with Gasteiger partial charge >= 0.3 is 6.18 Å². The summed E-state index contributed by atoms with van der Waals surface area (Å²) >= 11 is 5.91. The number of halogens is 4. The van der Waals surface area contributed by atoms with Crippen molar-refractivity contribution in [1.29, 1.82) is 0 Å². The van der Waals surface area contributed by atoms with Gasteiger partial charge in [0.1, 0.15) is 0 Å². The fourth-order valence-electron chi connectivity index (χ4n) is 1.54. The molecule has 2 aromatic carbocycles. The third-order valence-corrected chi connectivity index (χ3v) is 2.71. The van der Waals surface area contributed by atoms with Crippen molar-refractivity contribution >= 4 is 11.6 Å². The van der Waals surface area contributed by atoms with E-state index in [1.807, 2.05) is 0 Å². The zero-order valence-corrected chi connectivity index (χ0v) is 9.39. The largest absolute Gasteiger partial charge is 0.416 e. The predicted octanol–water partition coefficient (Wildman–Crippen LogP) is 5.03. The first-order chi connectivity index (χ1) is 7.98. The lowest BCUT2D eigenvalue weighted by atomic mass is 10.0. The Labute approximate surface area is 102 Å². The molecule has 0 amide bonds. The highest BCUT2D eigenvalue weighted by Crippen LogP contribution is 2.35. The number of hydrogen-bond donors (Lipinski definition) is 0. The van der Waals surface area contributed by atoms with Gasteiger partial charge in [-0.15, -0.1) is 0 Å². The molecular formula is C13H8ClF3. The second-order valence-corrected chi connectivity index (χ2v) is 3.97. The predicted molar refractivity (Wildman–Crippen MR) is 61.9 cm³/mol. The second-order valence-electron chi connectivity index (χ2n) is 3.56. The Morgan fingerprint density at radius 2 is 1.53 bits per heavy atom. The van der Waals surface area contributed by atoms with Crippen LogP contribution in [0.25, 0.3) is 11.1 Å². The summed E-state index contributed by atoms with van der Waals surface area (Å²) in [5, 5.41) is 0.309. The minimum absolute atomic E-state index is 0.309. The first-order valence-electron chi connectivity index (χ1n) is 4.90. The molecule has 4 heteroatoms. The molecule has 0 aromatic heterocycles. The van der Waals surface area contributed by atoms with Crippen LogP contribution in [0.15, 0.2) is 48.5 Å². The van der Waals surface area contributed by atoms with Gasteiger partial charge in [0.2, 0.25) is 0 Å². The summed E-state index contributed by atoms with van der Waals surface area (Å²) in [6.45, 7) is 0. The van der Waals surface area contributed by atoms with E-state index >= 15 is 0 Å². The van der Waals surface area contributed by atoms with Gasteiger partial charge in [0.25, 0.3) is 0 Å². The lowest BCUT2D eigenvalue weighted by molar-refractivity contribution is -0.137. The fourth-order valence-corrected chi connectivity index (χ4v) is 1.77. The highest BCUT2D eigenvalue weighted by atomic mass is 35.5. The van der Waals surface area contributed by atoms with E-state index in [4.69, 9.17) is 11.6 Å². The van der Waals surface area contributed by atoms with E-state index in [0.29, 0.717) is 16.1 Å². The van der Waals surface area contributed by atoms with Crippen molar-refractivity contribution in [3.05, 3.63) is 59.1 Å². The van der Waals surface area contributed by atoms with Gasteiger partial charge in [0, 0.05) is 10.6 Å². The average molecular weight is 257 g/mol. The SMILES string of the molecule is FC(F)(F)c1ccc(Cl)c(-c2ccccc2)c1. The van der Waals surface area contributed by atoms with Crippen LogP contribution in [0.1, 0.15) is 5.56 Å². The van der Waals surface area contributed by atoms with Crippen molar-refractivity contribution in [1.82, 2.24) is 0 Å². The zero-order valence-electron chi connectivity index (χ0n) is 8.63. The van der Waals surface area contributed by atoms with Crippen LogP contribution in [0.2, 0.25) is 5.02 Å². The van der Waals surface area contributed by atoms with Crippen LogP contribution in [0.3, 0.4) is 0 Å². The maximum atomic E-state index is 12.6. The van der Waals surface area contributed by atoms with Gasteiger partial charge in [0.05, 0.1) is 5.56 Å². The molecule has 0 N–H and O–H groups in total. The molecule has 0 unspecified atom stereocenters. The van der Waals surface area contributed by atoms with Gasteiger partial charge in [-0.05, 0) is 23.8 Å². The standard InChI is InChI=1S/C13H8ClF3/c14-12-7-6-10(13(15,16)17)8-11(12)9-4-2-1-3-5-9/h1-8H. The van der Waals surface area contributed by atoms with Gasteiger partial charge in [0.15, 0.2) is 0 Å². The average Bonchev–Trinajstić information content (AvgIpc) is 2.29. The van der Waals surface area contributed by atoms with Gasteiger partial charge in [-0.1, -0.05) is 41.9 Å². The van der Waals surface area contributed by atoms with Crippen molar-refractivity contribution in [3.63, 3.8) is 0 Å². The number of alkyl halides is 3. The van der Waals surface area contributed by atoms with Crippen LogP contribution in [-0.2, 0) is 6.18 Å². The quantitative estimate of drug-likeness (QED) is 0.672. The number of benzene rings is 2. The Bertz CT molecular complexity index is 518. The zero-order chi connectivity index (χ0) is 12.5. The summed E-state index contributed by atoms with van der Waals surface area (Å²) in [6.07, 6.45) is -4.35. The minimum Gasteiger partial charge on any atom is -0.166 e. The molecule has 88 valence electrons. The molecular weight excluding hydrogens is 249 g/mol. The monoisotopic (exact) mass is 256 g/mol. The highest BCUT2D eigenvalue weighted by molar-refractivity contribution is 6.33. The molecule has 0 aliphatic heterocycles. The van der Waals surface area contributed by atoms with E-state index in [9.17, 15) is 13.2 Å². The van der Waals surface area contributed by atoms with Gasteiger partial charge in [-0.25, -0.2) is 0 Å². The van der Waals surface area contributed by atoms with Crippen molar-refractivity contribution in [2.45, 2.75) is 6.18 Å². The normalized spacial score (nSPS) is 11.5. The summed E-state index contributed by atoms with van der Waals surface area (Å²) < 4.78 is 37.7. The van der Waals surface area contributed by atoms with Crippen molar-refractivity contribution in [2.75, 3.05) is 0 Å². The smallest absolute Gasteiger partial charge is 0.166 e. The van der Waals surface area contributed by atoms with Crippen LogP contribution in [-0.4, -0.2) is 0 Å². The van der Waals surface area contributed by atoms with Crippen LogP contribution in [0, 0.1) is 0 Å². The fraction of sp³-hybridized carbons (Fsp3) is 0.0769. The first-order valence-corrected chi connectivity index (χ1v) is 5.28. The lowest BCUT2D eigenvalue weighted by Crippen LogP contribution is -2.04. The molecule has 0 aliphatic rings. The van der Waals surface area contributed by atoms with E-state index < -0.39 is 11.7 Å².